The molecule has 3 heterocycles. The summed E-state index contributed by atoms with van der Waals surface area (Å²) in [7, 11) is 3.66. The summed E-state index contributed by atoms with van der Waals surface area (Å²) >= 11 is 7.53. The number of quaternary nitrogens is 1. The van der Waals surface area contributed by atoms with Crippen molar-refractivity contribution in [2.24, 2.45) is 7.05 Å². The van der Waals surface area contributed by atoms with Crippen molar-refractivity contribution in [3.63, 3.8) is 0 Å². The van der Waals surface area contributed by atoms with Crippen molar-refractivity contribution >= 4 is 23.6 Å². The molecule has 0 radical (unpaired) electrons. The fourth-order valence-electron chi connectivity index (χ4n) is 3.78. The maximum absolute atomic E-state index is 5.68. The van der Waals surface area contributed by atoms with Crippen molar-refractivity contribution in [1.29, 1.82) is 0 Å². The van der Waals surface area contributed by atoms with E-state index in [4.69, 9.17) is 22.1 Å². The molecule has 2 atom stereocenters. The summed E-state index contributed by atoms with van der Waals surface area (Å²) in [5.41, 5.74) is 0.966. The lowest BCUT2D eigenvalue weighted by Gasteiger charge is -2.20. The average molecular weight is 388 g/mol. The van der Waals surface area contributed by atoms with Gasteiger partial charge in [0.05, 0.1) is 24.1 Å². The van der Waals surface area contributed by atoms with E-state index in [0.29, 0.717) is 6.04 Å². The van der Waals surface area contributed by atoms with Gasteiger partial charge in [-0.3, -0.25) is 0 Å². The van der Waals surface area contributed by atoms with Crippen LogP contribution in [0, 0.1) is 4.77 Å². The minimum absolute atomic E-state index is 0.550. The molecule has 4 rings (SSSR count). The Kier molecular flexibility index (Phi) is 4.93. The molecular weight excluding hydrogens is 364 g/mol. The van der Waals surface area contributed by atoms with Gasteiger partial charge in [0, 0.05) is 19.9 Å². The number of rotatable bonds is 5. The largest absolute Gasteiger partial charge is 0.496 e. The number of ether oxygens (including phenoxy) is 1. The molecule has 1 unspecified atom stereocenters. The van der Waals surface area contributed by atoms with E-state index in [-0.39, 0.29) is 0 Å². The monoisotopic (exact) mass is 387 g/mol. The Morgan fingerprint density at radius 1 is 1.31 bits per heavy atom. The van der Waals surface area contributed by atoms with Gasteiger partial charge in [-0.2, -0.15) is 4.68 Å². The Labute approximate surface area is 162 Å². The van der Waals surface area contributed by atoms with Gasteiger partial charge >= 0.3 is 0 Å². The van der Waals surface area contributed by atoms with Gasteiger partial charge in [0.25, 0.3) is 0 Å². The molecule has 1 aliphatic rings. The van der Waals surface area contributed by atoms with Crippen molar-refractivity contribution in [2.75, 3.05) is 13.7 Å². The van der Waals surface area contributed by atoms with E-state index in [1.807, 2.05) is 51.9 Å². The first-order valence-corrected chi connectivity index (χ1v) is 10.1. The smallest absolute Gasteiger partial charge is 0.202 e. The molecule has 0 bridgehead atoms. The van der Waals surface area contributed by atoms with Gasteiger partial charge in [-0.1, -0.05) is 18.2 Å². The van der Waals surface area contributed by atoms with E-state index in [1.54, 1.807) is 7.11 Å². The highest BCUT2D eigenvalue weighted by Crippen LogP contribution is 2.28. The third kappa shape index (κ3) is 3.11. The van der Waals surface area contributed by atoms with Gasteiger partial charge < -0.3 is 14.2 Å². The summed E-state index contributed by atoms with van der Waals surface area (Å²) in [5, 5.41) is 7.01. The highest BCUT2D eigenvalue weighted by Gasteiger charge is 2.31. The first kappa shape index (κ1) is 17.5. The summed E-state index contributed by atoms with van der Waals surface area (Å²) < 4.78 is 10.2. The SMILES string of the molecule is COc1ccccc1-c1nn(C[NH+]2CCC[C@H]2c2cccs2)c(=S)n1C. The van der Waals surface area contributed by atoms with Crippen LogP contribution in [0.2, 0.25) is 0 Å². The number of nitrogens with zero attached hydrogens (tertiary/aromatic N) is 3. The van der Waals surface area contributed by atoms with Gasteiger partial charge in [-0.25, -0.2) is 0 Å². The van der Waals surface area contributed by atoms with Gasteiger partial charge in [-0.05, 0) is 35.8 Å². The second-order valence-electron chi connectivity index (χ2n) is 6.64. The fourth-order valence-corrected chi connectivity index (χ4v) is 4.89. The summed E-state index contributed by atoms with van der Waals surface area (Å²) in [6.45, 7) is 1.95. The van der Waals surface area contributed by atoms with Crippen molar-refractivity contribution in [1.82, 2.24) is 14.3 Å². The molecule has 1 aromatic carbocycles. The van der Waals surface area contributed by atoms with Gasteiger partial charge in [0.15, 0.2) is 12.5 Å². The standard InChI is InChI=1S/C19H22N4OS2/c1-21-18(14-7-3-4-9-16(14)24-2)20-23(19(21)25)13-22-11-5-8-15(22)17-10-6-12-26-17/h3-4,6-7,9-10,12,15H,5,8,11,13H2,1-2H3/p+1/t15-/m0/s1. The fraction of sp³-hybridized carbons (Fsp3) is 0.368. The number of aromatic nitrogens is 3. The molecule has 2 aromatic heterocycles. The zero-order valence-electron chi connectivity index (χ0n) is 15.0. The zero-order valence-corrected chi connectivity index (χ0v) is 16.6. The predicted octanol–water partition coefficient (Wildman–Crippen LogP) is 3.07. The molecular formula is C19H23N4OS2+. The van der Waals surface area contributed by atoms with Crippen molar-refractivity contribution in [3.05, 3.63) is 51.4 Å². The minimum Gasteiger partial charge on any atom is -0.496 e. The Morgan fingerprint density at radius 3 is 2.92 bits per heavy atom. The average Bonchev–Trinajstić information content (AvgIpc) is 3.39. The number of thiophene rings is 1. The predicted molar refractivity (Wildman–Crippen MR) is 106 cm³/mol. The Bertz CT molecular complexity index is 945. The minimum atomic E-state index is 0.550. The van der Waals surface area contributed by atoms with Crippen LogP contribution in [0.3, 0.4) is 0 Å². The van der Waals surface area contributed by atoms with Crippen molar-refractivity contribution in [2.45, 2.75) is 25.6 Å². The summed E-state index contributed by atoms with van der Waals surface area (Å²) in [5.74, 6) is 1.66. The molecule has 3 aromatic rings. The second kappa shape index (κ2) is 7.34. The van der Waals surface area contributed by atoms with Crippen molar-refractivity contribution < 1.29 is 9.64 Å². The van der Waals surface area contributed by atoms with Crippen molar-refractivity contribution in [3.8, 4) is 17.1 Å². The summed E-state index contributed by atoms with van der Waals surface area (Å²) in [6, 6.07) is 12.9. The molecule has 1 fully saturated rings. The van der Waals surface area contributed by atoms with Crippen LogP contribution in [-0.2, 0) is 13.7 Å². The van der Waals surface area contributed by atoms with Crippen LogP contribution in [0.4, 0.5) is 0 Å². The Balaban J connectivity index is 1.65. The number of nitrogens with one attached hydrogen (secondary N) is 1. The van der Waals surface area contributed by atoms with E-state index < -0.39 is 0 Å². The molecule has 0 aliphatic carbocycles. The molecule has 136 valence electrons. The molecule has 0 amide bonds. The number of methoxy groups -OCH3 is 1. The van der Waals surface area contributed by atoms with Crippen LogP contribution in [-0.4, -0.2) is 28.0 Å². The number of likely N-dealkylation sites (tertiary alicyclic amines) is 1. The van der Waals surface area contributed by atoms with Gasteiger partial charge in [0.1, 0.15) is 11.8 Å². The number of benzene rings is 1. The highest BCUT2D eigenvalue weighted by molar-refractivity contribution is 7.71. The lowest BCUT2D eigenvalue weighted by molar-refractivity contribution is -0.941. The number of hydrogen-bond donors (Lipinski definition) is 1. The number of hydrogen-bond acceptors (Lipinski definition) is 4. The molecule has 1 N–H and O–H groups in total. The molecule has 0 saturated carbocycles. The van der Waals surface area contributed by atoms with E-state index in [0.717, 1.165) is 35.1 Å². The molecule has 0 spiro atoms. The van der Waals surface area contributed by atoms with E-state index in [1.165, 1.54) is 22.6 Å². The van der Waals surface area contributed by atoms with E-state index in [2.05, 4.69) is 17.5 Å². The zero-order chi connectivity index (χ0) is 18.1. The van der Waals surface area contributed by atoms with Crippen LogP contribution in [0.5, 0.6) is 5.75 Å². The van der Waals surface area contributed by atoms with Crippen LogP contribution in [0.15, 0.2) is 41.8 Å². The first-order chi connectivity index (χ1) is 12.7. The third-order valence-electron chi connectivity index (χ3n) is 5.11. The lowest BCUT2D eigenvalue weighted by atomic mass is 10.2. The van der Waals surface area contributed by atoms with Gasteiger partial charge in [-0.15, -0.1) is 16.4 Å². The lowest BCUT2D eigenvalue weighted by Crippen LogP contribution is -3.09. The summed E-state index contributed by atoms with van der Waals surface area (Å²) in [4.78, 5) is 3.00. The quantitative estimate of drug-likeness (QED) is 0.684. The molecule has 1 saturated heterocycles. The van der Waals surface area contributed by atoms with Gasteiger partial charge in [0.2, 0.25) is 4.77 Å². The van der Waals surface area contributed by atoms with Crippen LogP contribution >= 0.6 is 23.6 Å². The van der Waals surface area contributed by atoms with Crippen LogP contribution in [0.25, 0.3) is 11.4 Å². The van der Waals surface area contributed by atoms with E-state index >= 15 is 0 Å². The highest BCUT2D eigenvalue weighted by atomic mass is 32.1. The van der Waals surface area contributed by atoms with Crippen LogP contribution < -0.4 is 9.64 Å². The molecule has 5 nitrogen and oxygen atoms in total. The third-order valence-corrected chi connectivity index (χ3v) is 6.58. The second-order valence-corrected chi connectivity index (χ2v) is 7.99. The van der Waals surface area contributed by atoms with E-state index in [9.17, 15) is 0 Å². The van der Waals surface area contributed by atoms with Crippen LogP contribution in [0.1, 0.15) is 23.8 Å². The first-order valence-electron chi connectivity index (χ1n) is 8.84. The Hall–Kier alpha value is -1.96. The normalized spacial score (nSPS) is 19.8. The summed E-state index contributed by atoms with van der Waals surface area (Å²) in [6.07, 6.45) is 2.48. The number of para-hydroxylation sites is 1. The molecule has 7 heteroatoms. The molecule has 1 aliphatic heterocycles. The maximum Gasteiger partial charge on any atom is 0.202 e. The molecule has 26 heavy (non-hydrogen) atoms. The topological polar surface area (TPSA) is 36.4 Å². The maximum atomic E-state index is 5.68. The Morgan fingerprint density at radius 2 is 2.15 bits per heavy atom.